The SMILES string of the molecule is CC1(C)CC(NCCNCCN)CC(C)(C)[NH+]1O.CN1C(C)(C)CC(NCCNCCN)CC1(C)C.C[N+](C)(C)CC1CC1.C[N+](C)(C)CC1CC1.ClCC1CO1.ClCC1CO1.[Cl-].[Cl-]. The lowest BCUT2D eigenvalue weighted by Gasteiger charge is -2.53. The predicted molar refractivity (Wildman–Crippen MR) is 265 cm³/mol. The first-order chi connectivity index (χ1) is 28.6. The van der Waals surface area contributed by atoms with Crippen molar-refractivity contribution >= 4 is 23.2 Å². The first-order valence-electron chi connectivity index (χ1n) is 24.2. The Bertz CT molecular complexity index is 1040. The highest BCUT2D eigenvalue weighted by Crippen LogP contribution is 2.37. The Balaban J connectivity index is 0. The molecule has 6 aliphatic rings. The van der Waals surface area contributed by atoms with Gasteiger partial charge in [0.15, 0.2) is 0 Å². The normalized spacial score (nSPS) is 26.1. The first-order valence-corrected chi connectivity index (χ1v) is 25.2. The molecule has 0 aromatic rings. The van der Waals surface area contributed by atoms with Crippen LogP contribution in [0.1, 0.15) is 107 Å². The van der Waals surface area contributed by atoms with Gasteiger partial charge in [-0.1, -0.05) is 0 Å². The summed E-state index contributed by atoms with van der Waals surface area (Å²) in [5, 5.41) is 24.8. The summed E-state index contributed by atoms with van der Waals surface area (Å²) in [6, 6.07) is 1.09. The second-order valence-corrected chi connectivity index (χ2v) is 24.2. The third kappa shape index (κ3) is 33.2. The smallest absolute Gasteiger partial charge is 0.123 e. The molecule has 6 fully saturated rings. The van der Waals surface area contributed by atoms with Crippen molar-refractivity contribution < 1.29 is 53.5 Å². The number of rotatable bonds is 18. The van der Waals surface area contributed by atoms with Gasteiger partial charge in [0.25, 0.3) is 0 Å². The fourth-order valence-corrected chi connectivity index (χ4v) is 9.08. The predicted octanol–water partition coefficient (Wildman–Crippen LogP) is -2.65. The van der Waals surface area contributed by atoms with E-state index in [4.69, 9.17) is 44.1 Å². The van der Waals surface area contributed by atoms with Crippen molar-refractivity contribution in [3.8, 4) is 0 Å². The summed E-state index contributed by atoms with van der Waals surface area (Å²) in [5.74, 6) is 3.46. The lowest BCUT2D eigenvalue weighted by atomic mass is 9.77. The quantitative estimate of drug-likeness (QED) is 0.0317. The van der Waals surface area contributed by atoms with Gasteiger partial charge in [0, 0.05) is 100 Å². The number of nitrogens with zero attached hydrogens (tertiary/aromatic N) is 3. The minimum atomic E-state index is -0.0932. The number of alkyl halides is 2. The van der Waals surface area contributed by atoms with Crippen molar-refractivity contribution in [3.63, 3.8) is 0 Å². The highest BCUT2D eigenvalue weighted by Gasteiger charge is 2.49. The van der Waals surface area contributed by atoms with Crippen LogP contribution in [0.15, 0.2) is 0 Å². The van der Waals surface area contributed by atoms with Crippen molar-refractivity contribution in [1.29, 1.82) is 0 Å². The van der Waals surface area contributed by atoms with Gasteiger partial charge in [-0.05, 0) is 101 Å². The summed E-state index contributed by atoms with van der Waals surface area (Å²) >= 11 is 10.5. The Morgan fingerprint density at radius 3 is 1.12 bits per heavy atom. The third-order valence-electron chi connectivity index (χ3n) is 12.4. The van der Waals surface area contributed by atoms with Crippen LogP contribution in [0.3, 0.4) is 0 Å². The Labute approximate surface area is 417 Å². The maximum absolute atomic E-state index is 10.3. The van der Waals surface area contributed by atoms with Gasteiger partial charge in [-0.3, -0.25) is 4.90 Å². The number of hydroxylamine groups is 2. The maximum Gasteiger partial charge on any atom is 0.123 e. The van der Waals surface area contributed by atoms with Crippen molar-refractivity contribution in [2.45, 2.75) is 153 Å². The molecule has 2 unspecified atom stereocenters. The van der Waals surface area contributed by atoms with Gasteiger partial charge in [-0.2, -0.15) is 5.06 Å². The van der Waals surface area contributed by atoms with E-state index in [0.717, 1.165) is 86.1 Å². The van der Waals surface area contributed by atoms with E-state index in [-0.39, 0.29) is 47.0 Å². The summed E-state index contributed by atoms with van der Waals surface area (Å²) in [5.41, 5.74) is 11.2. The van der Waals surface area contributed by atoms with Crippen molar-refractivity contribution in [2.75, 3.05) is 140 Å². The number of hydrogen-bond acceptors (Lipinski definition) is 10. The molecule has 0 bridgehead atoms. The Hall–Kier alpha value is 0.640. The van der Waals surface area contributed by atoms with Gasteiger partial charge >= 0.3 is 0 Å². The zero-order valence-electron chi connectivity index (χ0n) is 43.8. The molecule has 2 aliphatic carbocycles. The third-order valence-corrected chi connectivity index (χ3v) is 13.1. The average molecular weight is 1000 g/mol. The van der Waals surface area contributed by atoms with Gasteiger partial charge in [-0.25, -0.2) is 5.21 Å². The van der Waals surface area contributed by atoms with Crippen molar-refractivity contribution in [3.05, 3.63) is 0 Å². The van der Waals surface area contributed by atoms with Crippen molar-refractivity contribution in [2.24, 2.45) is 23.3 Å². The molecule has 2 atom stereocenters. The molecule has 0 aromatic carbocycles. The molecular formula is C47H105Cl4N10O3+. The van der Waals surface area contributed by atoms with Gasteiger partial charge in [0.1, 0.15) is 11.1 Å². The number of halogens is 4. The molecule has 0 radical (unpaired) electrons. The van der Waals surface area contributed by atoms with Gasteiger partial charge in [0.2, 0.25) is 0 Å². The molecular weight excluding hydrogens is 894 g/mol. The van der Waals surface area contributed by atoms with Gasteiger partial charge in [-0.15, -0.1) is 23.2 Å². The molecule has 17 heteroatoms. The van der Waals surface area contributed by atoms with Crippen molar-refractivity contribution in [1.82, 2.24) is 26.2 Å². The van der Waals surface area contributed by atoms with E-state index >= 15 is 0 Å². The minimum absolute atomic E-state index is 0. The maximum atomic E-state index is 10.3. The average Bonchev–Trinajstić information content (AvgIpc) is 3.92. The fourth-order valence-electron chi connectivity index (χ4n) is 8.72. The fraction of sp³-hybridized carbons (Fsp3) is 1.00. The van der Waals surface area contributed by atoms with Gasteiger partial charge in [0.05, 0.1) is 92.6 Å². The standard InChI is InChI=1S/C14H32N4.C13H30N4O.2C7H16N.2C3H5ClO.2ClH/c1-13(2)10-12(11-14(3,4)18(13)5)17-9-8-16-7-6-15;1-12(2)9-11(10-13(3,4)17(12)18)16-8-7-15-6-5-14;2*1-8(2,3)6-7-4-5-7;2*4-1-3-2-5-3;;/h12,16-17H,6-11,15H2,1-5H3;11,15-16,18H,5-10,14H2,1-4H3;2*7H,4-6H2,1-3H3;2*3H,1-2H2;2*1H/q;;2*+1;;;;/p-1. The van der Waals surface area contributed by atoms with E-state index in [1.807, 2.05) is 0 Å². The number of nitrogens with two attached hydrogens (primary N) is 2. The topological polar surface area (TPSA) is 153 Å². The highest BCUT2D eigenvalue weighted by atomic mass is 35.5. The van der Waals surface area contributed by atoms with Crippen LogP contribution in [0, 0.1) is 11.8 Å². The summed E-state index contributed by atoms with van der Waals surface area (Å²) in [7, 11) is 15.8. The summed E-state index contributed by atoms with van der Waals surface area (Å²) in [6.07, 6.45) is 11.1. The summed E-state index contributed by atoms with van der Waals surface area (Å²) < 4.78 is 11.7. The molecule has 388 valence electrons. The number of quaternary nitrogens is 3. The van der Waals surface area contributed by atoms with Crippen LogP contribution >= 0.6 is 23.2 Å². The second kappa shape index (κ2) is 31.8. The molecule has 10 N–H and O–H groups in total. The highest BCUT2D eigenvalue weighted by molar-refractivity contribution is 6.18. The minimum Gasteiger partial charge on any atom is -1.00 e. The molecule has 4 heterocycles. The molecule has 13 nitrogen and oxygen atoms in total. The molecule has 0 aromatic heterocycles. The van der Waals surface area contributed by atoms with E-state index in [1.165, 1.54) is 51.6 Å². The van der Waals surface area contributed by atoms with E-state index in [9.17, 15) is 5.21 Å². The first kappa shape index (κ1) is 66.7. The number of epoxide rings is 2. The number of hydrogen-bond donors (Lipinski definition) is 8. The molecule has 0 spiro atoms. The lowest BCUT2D eigenvalue weighted by Crippen LogP contribution is -3.25. The summed E-state index contributed by atoms with van der Waals surface area (Å²) in [4.78, 5) is 2.52. The van der Waals surface area contributed by atoms with E-state index in [0.29, 0.717) is 54.2 Å². The number of ether oxygens (including phenoxy) is 2. The number of piperidine rings is 2. The summed E-state index contributed by atoms with van der Waals surface area (Å²) in [6.45, 7) is 29.5. The van der Waals surface area contributed by atoms with Crippen LogP contribution in [0.4, 0.5) is 0 Å². The number of nitrogens with one attached hydrogen (secondary N) is 5. The second-order valence-electron chi connectivity index (χ2n) is 23.5. The Kier molecular flexibility index (Phi) is 33.1. The largest absolute Gasteiger partial charge is 1.00 e. The monoisotopic (exact) mass is 998 g/mol. The van der Waals surface area contributed by atoms with Crippen LogP contribution in [0.5, 0.6) is 0 Å². The van der Waals surface area contributed by atoms with E-state index in [1.54, 1.807) is 0 Å². The van der Waals surface area contributed by atoms with E-state index < -0.39 is 0 Å². The van der Waals surface area contributed by atoms with Crippen LogP contribution in [0.25, 0.3) is 0 Å². The Morgan fingerprint density at radius 2 is 0.906 bits per heavy atom. The number of likely N-dealkylation sites (tertiary alicyclic amines) is 1. The molecule has 6 rings (SSSR count). The van der Waals surface area contributed by atoms with E-state index in [2.05, 4.69) is 131 Å². The van der Waals surface area contributed by atoms with Crippen LogP contribution in [-0.4, -0.2) is 205 Å². The molecule has 4 saturated heterocycles. The molecule has 64 heavy (non-hydrogen) atoms. The zero-order valence-corrected chi connectivity index (χ0v) is 46.8. The van der Waals surface area contributed by atoms with Gasteiger partial charge < -0.3 is 76.0 Å². The molecule has 2 saturated carbocycles. The molecule has 4 aliphatic heterocycles. The van der Waals surface area contributed by atoms with Crippen LogP contribution in [0.2, 0.25) is 0 Å². The van der Waals surface area contributed by atoms with Crippen LogP contribution < -0.4 is 62.6 Å². The van der Waals surface area contributed by atoms with Crippen LogP contribution in [-0.2, 0) is 9.47 Å². The molecule has 0 amide bonds. The Morgan fingerprint density at radius 1 is 0.594 bits per heavy atom. The zero-order chi connectivity index (χ0) is 47.4. The lowest BCUT2D eigenvalue weighted by molar-refractivity contribution is -1.16.